The summed E-state index contributed by atoms with van der Waals surface area (Å²) in [5.74, 6) is 0.436. The molecule has 0 bridgehead atoms. The van der Waals surface area contributed by atoms with Gasteiger partial charge in [-0.25, -0.2) is 0 Å². The first kappa shape index (κ1) is 12.1. The summed E-state index contributed by atoms with van der Waals surface area (Å²) in [4.78, 5) is 4.73. The second-order valence-corrected chi connectivity index (χ2v) is 5.02. The van der Waals surface area contributed by atoms with Crippen LogP contribution < -0.4 is 5.73 Å². The van der Waals surface area contributed by atoms with Gasteiger partial charge in [-0.05, 0) is 54.7 Å². The summed E-state index contributed by atoms with van der Waals surface area (Å²) in [6.45, 7) is 9.15. The van der Waals surface area contributed by atoms with Gasteiger partial charge in [0, 0.05) is 17.6 Å². The Balaban J connectivity index is 2.78. The number of hydrogen-bond donors (Lipinski definition) is 1. The van der Waals surface area contributed by atoms with Gasteiger partial charge in [-0.3, -0.25) is 4.98 Å². The zero-order valence-electron chi connectivity index (χ0n) is 11.0. The molecule has 0 radical (unpaired) electrons. The van der Waals surface area contributed by atoms with Gasteiger partial charge < -0.3 is 5.73 Å². The third-order valence-electron chi connectivity index (χ3n) is 3.34. The van der Waals surface area contributed by atoms with E-state index in [4.69, 9.17) is 10.7 Å². The van der Waals surface area contributed by atoms with Gasteiger partial charge in [0.05, 0.1) is 5.52 Å². The molecule has 0 aliphatic heterocycles. The quantitative estimate of drug-likeness (QED) is 0.855. The van der Waals surface area contributed by atoms with Crippen LogP contribution in [0.4, 0.5) is 0 Å². The Morgan fingerprint density at radius 3 is 2.35 bits per heavy atom. The van der Waals surface area contributed by atoms with Crippen molar-refractivity contribution in [2.45, 2.75) is 40.2 Å². The molecule has 2 nitrogen and oxygen atoms in total. The topological polar surface area (TPSA) is 38.9 Å². The molecular weight excluding hydrogens is 208 g/mol. The second kappa shape index (κ2) is 4.46. The van der Waals surface area contributed by atoms with Crippen molar-refractivity contribution < 1.29 is 0 Å². The van der Waals surface area contributed by atoms with Crippen LogP contribution in [0.2, 0.25) is 0 Å². The van der Waals surface area contributed by atoms with E-state index in [-0.39, 0.29) is 0 Å². The lowest BCUT2D eigenvalue weighted by Gasteiger charge is -2.12. The van der Waals surface area contributed by atoms with E-state index in [1.165, 1.54) is 22.1 Å². The van der Waals surface area contributed by atoms with Crippen molar-refractivity contribution in [3.05, 3.63) is 40.6 Å². The van der Waals surface area contributed by atoms with Gasteiger partial charge in [0.2, 0.25) is 0 Å². The monoisotopic (exact) mass is 228 g/mol. The molecule has 1 aromatic carbocycles. The zero-order valence-corrected chi connectivity index (χ0v) is 11.0. The van der Waals surface area contributed by atoms with Crippen LogP contribution in [0.5, 0.6) is 0 Å². The lowest BCUT2D eigenvalue weighted by molar-refractivity contribution is 0.825. The van der Waals surface area contributed by atoms with E-state index in [9.17, 15) is 0 Å². The van der Waals surface area contributed by atoms with Gasteiger partial charge in [-0.2, -0.15) is 0 Å². The van der Waals surface area contributed by atoms with Crippen molar-refractivity contribution in [2.75, 3.05) is 0 Å². The third kappa shape index (κ3) is 2.18. The zero-order chi connectivity index (χ0) is 12.6. The summed E-state index contributed by atoms with van der Waals surface area (Å²) in [5, 5.41) is 1.19. The van der Waals surface area contributed by atoms with Gasteiger partial charge in [0.25, 0.3) is 0 Å². The van der Waals surface area contributed by atoms with E-state index >= 15 is 0 Å². The molecule has 1 heterocycles. The number of aromatic nitrogens is 1. The normalized spacial score (nSPS) is 11.4. The average molecular weight is 228 g/mol. The van der Waals surface area contributed by atoms with Gasteiger partial charge >= 0.3 is 0 Å². The largest absolute Gasteiger partial charge is 0.326 e. The number of aryl methyl sites for hydroxylation is 2. The molecule has 0 aliphatic carbocycles. The van der Waals surface area contributed by atoms with Crippen molar-refractivity contribution in [3.63, 3.8) is 0 Å². The van der Waals surface area contributed by atoms with Gasteiger partial charge in [0.15, 0.2) is 0 Å². The first-order valence-corrected chi connectivity index (χ1v) is 6.13. The first-order valence-electron chi connectivity index (χ1n) is 6.13. The summed E-state index contributed by atoms with van der Waals surface area (Å²) in [5.41, 5.74) is 11.8. The highest BCUT2D eigenvalue weighted by Crippen LogP contribution is 2.24. The Hall–Kier alpha value is -1.41. The predicted molar refractivity (Wildman–Crippen MR) is 73.2 cm³/mol. The van der Waals surface area contributed by atoms with E-state index in [0.717, 1.165) is 11.2 Å². The molecule has 0 aliphatic rings. The average Bonchev–Trinajstić information content (AvgIpc) is 2.29. The number of nitrogens with two attached hydrogens (primary N) is 1. The van der Waals surface area contributed by atoms with Crippen molar-refractivity contribution in [1.82, 2.24) is 4.98 Å². The van der Waals surface area contributed by atoms with Crippen molar-refractivity contribution in [3.8, 4) is 0 Å². The lowest BCUT2D eigenvalue weighted by Crippen LogP contribution is -2.03. The van der Waals surface area contributed by atoms with E-state index in [1.54, 1.807) is 0 Å². The fourth-order valence-corrected chi connectivity index (χ4v) is 2.04. The van der Waals surface area contributed by atoms with Crippen LogP contribution >= 0.6 is 0 Å². The standard InChI is InChI=1S/C15H20N2/c1-9(2)14-7-12(8-16)13-5-10(3)11(4)6-15(13)17-14/h5-7,9H,8,16H2,1-4H3. The molecule has 0 spiro atoms. The Bertz CT molecular complexity index is 556. The molecule has 0 fully saturated rings. The van der Waals surface area contributed by atoms with Gasteiger partial charge in [-0.1, -0.05) is 13.8 Å². The third-order valence-corrected chi connectivity index (χ3v) is 3.34. The molecule has 0 atom stereocenters. The van der Waals surface area contributed by atoms with Crippen LogP contribution in [-0.2, 0) is 6.54 Å². The maximum Gasteiger partial charge on any atom is 0.0711 e. The Morgan fingerprint density at radius 2 is 1.76 bits per heavy atom. The first-order chi connectivity index (χ1) is 8.02. The van der Waals surface area contributed by atoms with Gasteiger partial charge in [0.1, 0.15) is 0 Å². The van der Waals surface area contributed by atoms with Crippen LogP contribution in [0.15, 0.2) is 18.2 Å². The second-order valence-electron chi connectivity index (χ2n) is 5.02. The number of benzene rings is 1. The maximum atomic E-state index is 5.85. The number of fused-ring (bicyclic) bond motifs is 1. The minimum Gasteiger partial charge on any atom is -0.326 e. The van der Waals surface area contributed by atoms with E-state index < -0.39 is 0 Å². The molecule has 0 saturated carbocycles. The molecule has 0 unspecified atom stereocenters. The van der Waals surface area contributed by atoms with Gasteiger partial charge in [-0.15, -0.1) is 0 Å². The smallest absolute Gasteiger partial charge is 0.0711 e. The Labute approximate surface area is 103 Å². The summed E-state index contributed by atoms with van der Waals surface area (Å²) < 4.78 is 0. The van der Waals surface area contributed by atoms with Crippen LogP contribution in [0.1, 0.15) is 42.1 Å². The molecular formula is C15H20N2. The van der Waals surface area contributed by atoms with Crippen LogP contribution in [0.3, 0.4) is 0 Å². The Morgan fingerprint density at radius 1 is 1.12 bits per heavy atom. The lowest BCUT2D eigenvalue weighted by atomic mass is 9.99. The summed E-state index contributed by atoms with van der Waals surface area (Å²) >= 11 is 0. The maximum absolute atomic E-state index is 5.85. The molecule has 17 heavy (non-hydrogen) atoms. The highest BCUT2D eigenvalue weighted by atomic mass is 14.7. The van der Waals surface area contributed by atoms with E-state index in [2.05, 4.69) is 45.9 Å². The van der Waals surface area contributed by atoms with E-state index in [0.29, 0.717) is 12.5 Å². The molecule has 2 aromatic rings. The van der Waals surface area contributed by atoms with Crippen molar-refractivity contribution in [2.24, 2.45) is 5.73 Å². The number of nitrogens with zero attached hydrogens (tertiary/aromatic N) is 1. The molecule has 90 valence electrons. The van der Waals surface area contributed by atoms with Crippen LogP contribution in [0, 0.1) is 13.8 Å². The minimum atomic E-state index is 0.436. The molecule has 0 amide bonds. The fourth-order valence-electron chi connectivity index (χ4n) is 2.04. The summed E-state index contributed by atoms with van der Waals surface area (Å²) in [6, 6.07) is 6.50. The molecule has 2 N–H and O–H groups in total. The number of pyridine rings is 1. The number of hydrogen-bond acceptors (Lipinski definition) is 2. The minimum absolute atomic E-state index is 0.436. The van der Waals surface area contributed by atoms with Crippen molar-refractivity contribution in [1.29, 1.82) is 0 Å². The SMILES string of the molecule is Cc1cc2nc(C(C)C)cc(CN)c2cc1C. The van der Waals surface area contributed by atoms with Crippen LogP contribution in [-0.4, -0.2) is 4.98 Å². The molecule has 1 aromatic heterocycles. The highest BCUT2D eigenvalue weighted by molar-refractivity contribution is 5.84. The summed E-state index contributed by atoms with van der Waals surface area (Å²) in [7, 11) is 0. The van der Waals surface area contributed by atoms with Crippen molar-refractivity contribution >= 4 is 10.9 Å². The van der Waals surface area contributed by atoms with Crippen LogP contribution in [0.25, 0.3) is 10.9 Å². The molecule has 2 rings (SSSR count). The van der Waals surface area contributed by atoms with E-state index in [1.807, 2.05) is 0 Å². The Kier molecular flexibility index (Phi) is 3.16. The molecule has 0 saturated heterocycles. The predicted octanol–water partition coefficient (Wildman–Crippen LogP) is 3.43. The number of rotatable bonds is 2. The molecule has 2 heteroatoms. The highest BCUT2D eigenvalue weighted by Gasteiger charge is 2.08. The summed E-state index contributed by atoms with van der Waals surface area (Å²) in [6.07, 6.45) is 0. The fraction of sp³-hybridized carbons (Fsp3) is 0.400.